The fraction of sp³-hybridized carbons (Fsp3) is 0.500. The summed E-state index contributed by atoms with van der Waals surface area (Å²) < 4.78 is 5.24. The lowest BCUT2D eigenvalue weighted by molar-refractivity contribution is -0.116. The molecule has 7 heteroatoms. The zero-order valence-electron chi connectivity index (χ0n) is 14.1. The molecule has 0 aliphatic rings. The molecule has 1 rings (SSSR count). The highest BCUT2D eigenvalue weighted by atomic mass is 35.5. The van der Waals surface area contributed by atoms with Crippen molar-refractivity contribution in [3.05, 3.63) is 22.7 Å². The normalized spacial score (nSPS) is 9.96. The van der Waals surface area contributed by atoms with Crippen molar-refractivity contribution >= 4 is 29.2 Å². The van der Waals surface area contributed by atoms with Crippen LogP contribution in [-0.4, -0.2) is 38.6 Å². The van der Waals surface area contributed by atoms with Crippen LogP contribution in [0.4, 0.5) is 5.69 Å². The van der Waals surface area contributed by atoms with Crippen LogP contribution in [0.5, 0.6) is 5.75 Å². The Morgan fingerprint density at radius 2 is 1.91 bits per heavy atom. The van der Waals surface area contributed by atoms with E-state index in [0.717, 1.165) is 18.7 Å². The van der Waals surface area contributed by atoms with Crippen LogP contribution < -0.4 is 20.7 Å². The monoisotopic (exact) mass is 340 g/mol. The molecule has 0 aliphatic heterocycles. The van der Waals surface area contributed by atoms with Gasteiger partial charge in [0.25, 0.3) is 0 Å². The molecular weight excluding hydrogens is 316 g/mol. The fourth-order valence-electron chi connectivity index (χ4n) is 1.92. The van der Waals surface area contributed by atoms with Gasteiger partial charge in [0, 0.05) is 30.6 Å². The first-order chi connectivity index (χ1) is 11.0. The molecule has 1 aromatic carbocycles. The van der Waals surface area contributed by atoms with Crippen molar-refractivity contribution in [3.63, 3.8) is 0 Å². The molecule has 1 aromatic rings. The second-order valence-electron chi connectivity index (χ2n) is 4.89. The maximum Gasteiger partial charge on any atom is 0.226 e. The largest absolute Gasteiger partial charge is 0.495 e. The van der Waals surface area contributed by atoms with Gasteiger partial charge < -0.3 is 20.7 Å². The molecule has 0 fully saturated rings. The summed E-state index contributed by atoms with van der Waals surface area (Å²) in [5, 5.41) is 9.66. The van der Waals surface area contributed by atoms with Crippen LogP contribution in [-0.2, 0) is 4.79 Å². The van der Waals surface area contributed by atoms with Gasteiger partial charge in [-0.15, -0.1) is 0 Å². The average molecular weight is 341 g/mol. The van der Waals surface area contributed by atoms with Crippen LogP contribution in [0.1, 0.15) is 25.8 Å². The number of aryl methyl sites for hydroxylation is 1. The van der Waals surface area contributed by atoms with E-state index in [2.05, 4.69) is 20.9 Å². The van der Waals surface area contributed by atoms with Gasteiger partial charge in [-0.2, -0.15) is 0 Å². The summed E-state index contributed by atoms with van der Waals surface area (Å²) in [6.45, 7) is 7.82. The predicted octanol–water partition coefficient (Wildman–Crippen LogP) is 2.56. The number of nitrogens with zero attached hydrogens (tertiary/aromatic N) is 1. The molecule has 0 aliphatic carbocycles. The summed E-state index contributed by atoms with van der Waals surface area (Å²) in [6.07, 6.45) is 0.283. The third kappa shape index (κ3) is 6.36. The van der Waals surface area contributed by atoms with E-state index in [4.69, 9.17) is 16.3 Å². The summed E-state index contributed by atoms with van der Waals surface area (Å²) in [6, 6.07) is 3.49. The average Bonchev–Trinajstić information content (AvgIpc) is 2.51. The number of amides is 1. The Balaban J connectivity index is 2.63. The molecule has 6 nitrogen and oxygen atoms in total. The number of hydrogen-bond donors (Lipinski definition) is 3. The number of anilines is 1. The number of hydrogen-bond acceptors (Lipinski definition) is 3. The number of aliphatic imine (C=N–C) groups is 1. The Morgan fingerprint density at radius 1 is 1.26 bits per heavy atom. The first-order valence-corrected chi connectivity index (χ1v) is 8.05. The molecule has 0 saturated carbocycles. The third-order valence-electron chi connectivity index (χ3n) is 3.05. The summed E-state index contributed by atoms with van der Waals surface area (Å²) in [4.78, 5) is 16.4. The highest BCUT2D eigenvalue weighted by molar-refractivity contribution is 6.31. The molecule has 0 bridgehead atoms. The zero-order valence-corrected chi connectivity index (χ0v) is 14.9. The van der Waals surface area contributed by atoms with E-state index in [0.29, 0.717) is 29.0 Å². The Bertz CT molecular complexity index is 553. The molecule has 0 saturated heterocycles. The van der Waals surface area contributed by atoms with E-state index in [9.17, 15) is 4.79 Å². The molecule has 128 valence electrons. The molecule has 0 atom stereocenters. The van der Waals surface area contributed by atoms with Crippen molar-refractivity contribution in [2.24, 2.45) is 4.99 Å². The number of carbonyl (C=O) groups excluding carboxylic acids is 1. The SMILES string of the molecule is CCNC(=NCCC(=O)Nc1cc(C)c(Cl)cc1OC)NCC. The van der Waals surface area contributed by atoms with Crippen molar-refractivity contribution in [2.45, 2.75) is 27.2 Å². The number of benzene rings is 1. The number of nitrogens with one attached hydrogen (secondary N) is 3. The van der Waals surface area contributed by atoms with E-state index < -0.39 is 0 Å². The first-order valence-electron chi connectivity index (χ1n) is 7.67. The molecular formula is C16H25ClN4O2. The highest BCUT2D eigenvalue weighted by Gasteiger charge is 2.10. The van der Waals surface area contributed by atoms with Gasteiger partial charge in [-0.3, -0.25) is 9.79 Å². The van der Waals surface area contributed by atoms with Crippen molar-refractivity contribution in [3.8, 4) is 5.75 Å². The van der Waals surface area contributed by atoms with Crippen molar-refractivity contribution in [1.29, 1.82) is 0 Å². The number of carbonyl (C=O) groups is 1. The van der Waals surface area contributed by atoms with Crippen LogP contribution >= 0.6 is 11.6 Å². The van der Waals surface area contributed by atoms with Gasteiger partial charge in [-0.05, 0) is 32.4 Å². The third-order valence-corrected chi connectivity index (χ3v) is 3.46. The maximum absolute atomic E-state index is 12.1. The molecule has 0 unspecified atom stereocenters. The van der Waals surface area contributed by atoms with Crippen LogP contribution in [0.15, 0.2) is 17.1 Å². The summed E-state index contributed by atoms with van der Waals surface area (Å²) in [5.41, 5.74) is 1.49. The van der Waals surface area contributed by atoms with Gasteiger partial charge in [-0.25, -0.2) is 0 Å². The number of halogens is 1. The van der Waals surface area contributed by atoms with Gasteiger partial charge in [0.1, 0.15) is 5.75 Å². The number of methoxy groups -OCH3 is 1. The lowest BCUT2D eigenvalue weighted by atomic mass is 10.2. The van der Waals surface area contributed by atoms with E-state index in [1.807, 2.05) is 20.8 Å². The fourth-order valence-corrected chi connectivity index (χ4v) is 2.07. The topological polar surface area (TPSA) is 74.8 Å². The van der Waals surface area contributed by atoms with Gasteiger partial charge in [0.05, 0.1) is 19.3 Å². The van der Waals surface area contributed by atoms with Crippen LogP contribution in [0.3, 0.4) is 0 Å². The lowest BCUT2D eigenvalue weighted by Crippen LogP contribution is -2.37. The van der Waals surface area contributed by atoms with Crippen LogP contribution in [0.25, 0.3) is 0 Å². The second kappa shape index (κ2) is 9.94. The van der Waals surface area contributed by atoms with E-state index in [1.165, 1.54) is 0 Å². The quantitative estimate of drug-likeness (QED) is 0.527. The van der Waals surface area contributed by atoms with Gasteiger partial charge in [0.2, 0.25) is 5.91 Å². The Labute approximate surface area is 142 Å². The first kappa shape index (κ1) is 19.1. The smallest absolute Gasteiger partial charge is 0.226 e. The highest BCUT2D eigenvalue weighted by Crippen LogP contribution is 2.30. The molecule has 0 radical (unpaired) electrons. The molecule has 0 spiro atoms. The minimum absolute atomic E-state index is 0.124. The van der Waals surface area contributed by atoms with Gasteiger partial charge in [-0.1, -0.05) is 11.6 Å². The van der Waals surface area contributed by atoms with Gasteiger partial charge >= 0.3 is 0 Å². The summed E-state index contributed by atoms with van der Waals surface area (Å²) in [5.74, 6) is 1.13. The summed E-state index contributed by atoms with van der Waals surface area (Å²) >= 11 is 6.05. The molecule has 0 heterocycles. The van der Waals surface area contributed by atoms with E-state index >= 15 is 0 Å². The molecule has 23 heavy (non-hydrogen) atoms. The predicted molar refractivity (Wildman–Crippen MR) is 95.6 cm³/mol. The Hall–Kier alpha value is -1.95. The lowest BCUT2D eigenvalue weighted by Gasteiger charge is -2.12. The van der Waals surface area contributed by atoms with Crippen molar-refractivity contribution in [1.82, 2.24) is 10.6 Å². The van der Waals surface area contributed by atoms with Crippen molar-refractivity contribution < 1.29 is 9.53 Å². The van der Waals surface area contributed by atoms with Crippen molar-refractivity contribution in [2.75, 3.05) is 32.1 Å². The Morgan fingerprint density at radius 3 is 2.48 bits per heavy atom. The molecule has 3 N–H and O–H groups in total. The van der Waals surface area contributed by atoms with Crippen LogP contribution in [0, 0.1) is 6.92 Å². The van der Waals surface area contributed by atoms with Crippen LogP contribution in [0.2, 0.25) is 5.02 Å². The minimum atomic E-state index is -0.124. The standard InChI is InChI=1S/C16H25ClN4O2/c1-5-18-16(19-6-2)20-8-7-15(22)21-13-9-11(3)12(17)10-14(13)23-4/h9-10H,5-8H2,1-4H3,(H,21,22)(H2,18,19,20). The number of guanidine groups is 1. The zero-order chi connectivity index (χ0) is 17.2. The van der Waals surface area contributed by atoms with E-state index in [-0.39, 0.29) is 12.3 Å². The maximum atomic E-state index is 12.1. The Kier molecular flexibility index (Phi) is 8.26. The van der Waals surface area contributed by atoms with E-state index in [1.54, 1.807) is 19.2 Å². The minimum Gasteiger partial charge on any atom is -0.495 e. The van der Waals surface area contributed by atoms with Gasteiger partial charge in [0.15, 0.2) is 5.96 Å². The second-order valence-corrected chi connectivity index (χ2v) is 5.30. The number of rotatable bonds is 7. The number of ether oxygens (including phenoxy) is 1. The summed E-state index contributed by atoms with van der Waals surface area (Å²) in [7, 11) is 1.54. The molecule has 1 amide bonds. The molecule has 0 aromatic heterocycles.